The first-order valence-electron chi connectivity index (χ1n) is 16.7. The average molecular weight is 940 g/mol. The van der Waals surface area contributed by atoms with Crippen molar-refractivity contribution in [2.24, 2.45) is 0 Å². The second-order valence-corrected chi connectivity index (χ2v) is 16.4. The van der Waals surface area contributed by atoms with Gasteiger partial charge in [-0.05, 0) is 95.1 Å². The molecule has 0 radical (unpaired) electrons. The van der Waals surface area contributed by atoms with Gasteiger partial charge in [-0.2, -0.15) is 0 Å². The summed E-state index contributed by atoms with van der Waals surface area (Å²) in [6.07, 6.45) is 7.77. The molecule has 0 unspecified atom stereocenters. The molecule has 2 aliphatic carbocycles. The van der Waals surface area contributed by atoms with Crippen LogP contribution in [0.3, 0.4) is 0 Å². The highest BCUT2D eigenvalue weighted by molar-refractivity contribution is 9.11. The maximum atomic E-state index is 13.6. The molecule has 2 aliphatic rings. The topological polar surface area (TPSA) is 46.4 Å². The Kier molecular flexibility index (Phi) is 11.4. The zero-order valence-corrected chi connectivity index (χ0v) is 34.3. The van der Waals surface area contributed by atoms with E-state index in [1.165, 1.54) is 22.3 Å². The van der Waals surface area contributed by atoms with Crippen molar-refractivity contribution >= 4 is 86.5 Å². The van der Waals surface area contributed by atoms with Crippen molar-refractivity contribution in [3.05, 3.63) is 208 Å². The van der Waals surface area contributed by atoms with Gasteiger partial charge in [-0.25, -0.2) is 4.58 Å². The van der Waals surface area contributed by atoms with Crippen LogP contribution in [0.5, 0.6) is 0 Å². The lowest BCUT2D eigenvalue weighted by molar-refractivity contribution is -0.558. The number of rotatable bonds is 10. The molecule has 0 N–H and O–H groups in total. The van der Waals surface area contributed by atoms with Gasteiger partial charge in [0.1, 0.15) is 0 Å². The molecule has 0 saturated heterocycles. The number of carbonyl (C=O) groups is 1. The summed E-state index contributed by atoms with van der Waals surface area (Å²) in [5.74, 6) is -0.428. The number of benzene rings is 5. The molecule has 0 saturated carbocycles. The molecule has 52 heavy (non-hydrogen) atoms. The van der Waals surface area contributed by atoms with Crippen molar-refractivity contribution in [1.29, 1.82) is 0 Å². The Morgan fingerprint density at radius 3 is 1.31 bits per heavy atom. The summed E-state index contributed by atoms with van der Waals surface area (Å²) in [4.78, 5) is 15.8. The van der Waals surface area contributed by atoms with Gasteiger partial charge in [0.25, 0.3) is 0 Å². The van der Waals surface area contributed by atoms with E-state index < -0.39 is 0 Å². The summed E-state index contributed by atoms with van der Waals surface area (Å²) >= 11 is 14.1. The van der Waals surface area contributed by atoms with Crippen LogP contribution in [0.15, 0.2) is 180 Å². The lowest BCUT2D eigenvalue weighted by atomic mass is 9.80. The normalized spacial score (nSPS) is 13.8. The van der Waals surface area contributed by atoms with Gasteiger partial charge in [-0.15, -0.1) is 0 Å². The third-order valence-electron chi connectivity index (χ3n) is 9.10. The van der Waals surface area contributed by atoms with Crippen LogP contribution in [-0.4, -0.2) is 16.1 Å². The van der Waals surface area contributed by atoms with Crippen LogP contribution in [0, 0.1) is 0 Å². The van der Waals surface area contributed by atoms with E-state index in [2.05, 4.69) is 122 Å². The van der Waals surface area contributed by atoms with Crippen LogP contribution in [0.25, 0.3) is 5.57 Å². The largest absolute Gasteiger partial charge is 0.871 e. The Balaban J connectivity index is 1.13. The minimum Gasteiger partial charge on any atom is -0.871 e. The molecule has 5 aromatic rings. The van der Waals surface area contributed by atoms with E-state index >= 15 is 0 Å². The van der Waals surface area contributed by atoms with Crippen molar-refractivity contribution in [3.63, 3.8) is 0 Å². The predicted molar refractivity (Wildman–Crippen MR) is 223 cm³/mol. The SMILES string of the molecule is O=C1C(=C2C=CC(=[N+](Cc3ccc(Br)cc3)Cc3ccc(Br)cc3)C=C2)C([O-])=C1c1ccc(N(Cc2ccc(Br)cc2)Cc2ccc(Br)cc2)cc1. The fraction of sp³-hybridized carbons (Fsp3) is 0.0909. The van der Waals surface area contributed by atoms with Gasteiger partial charge in [0, 0.05) is 71.1 Å². The Bertz CT molecular complexity index is 2150. The number of halogens is 4. The fourth-order valence-corrected chi connectivity index (χ4v) is 7.37. The molecule has 0 heterocycles. The Hall–Kier alpha value is -4.08. The third-order valence-corrected chi connectivity index (χ3v) is 11.2. The number of anilines is 1. The van der Waals surface area contributed by atoms with E-state index in [4.69, 9.17) is 0 Å². The minimum absolute atomic E-state index is 0.214. The lowest BCUT2D eigenvalue weighted by Gasteiger charge is -2.32. The number of hydrogen-bond donors (Lipinski definition) is 0. The van der Waals surface area contributed by atoms with Crippen molar-refractivity contribution in [3.8, 4) is 0 Å². The van der Waals surface area contributed by atoms with Crippen molar-refractivity contribution in [1.82, 2.24) is 0 Å². The van der Waals surface area contributed by atoms with Crippen molar-refractivity contribution < 1.29 is 14.5 Å². The van der Waals surface area contributed by atoms with Gasteiger partial charge >= 0.3 is 0 Å². The van der Waals surface area contributed by atoms with E-state index in [9.17, 15) is 9.90 Å². The summed E-state index contributed by atoms with van der Waals surface area (Å²) in [6, 6.07) is 41.1. The van der Waals surface area contributed by atoms with Crippen LogP contribution in [-0.2, 0) is 31.0 Å². The van der Waals surface area contributed by atoms with E-state index in [-0.39, 0.29) is 22.7 Å². The first kappa shape index (κ1) is 36.3. The fourth-order valence-electron chi connectivity index (χ4n) is 6.31. The predicted octanol–water partition coefficient (Wildman–Crippen LogP) is 10.9. The molecule has 5 aromatic carbocycles. The molecule has 0 atom stereocenters. The van der Waals surface area contributed by atoms with Crippen LogP contribution >= 0.6 is 63.7 Å². The molecule has 0 fully saturated rings. The number of allylic oxidation sites excluding steroid dienone is 7. The summed E-state index contributed by atoms with van der Waals surface area (Å²) in [5, 5.41) is 13.6. The quantitative estimate of drug-likeness (QED) is 0.104. The molecular formula is C44H32Br4N2O2. The maximum Gasteiger partial charge on any atom is 0.200 e. The highest BCUT2D eigenvalue weighted by Crippen LogP contribution is 2.38. The Morgan fingerprint density at radius 2 is 0.904 bits per heavy atom. The lowest BCUT2D eigenvalue weighted by Crippen LogP contribution is -2.30. The number of Topliss-reactive ketones (excluding diaryl/α,β-unsaturated/α-hetero) is 1. The number of nitrogens with zero attached hydrogens (tertiary/aromatic N) is 2. The number of carbonyl (C=O) groups excluding carboxylic acids is 1. The van der Waals surface area contributed by atoms with Gasteiger partial charge in [-0.1, -0.05) is 130 Å². The monoisotopic (exact) mass is 936 g/mol. The maximum absolute atomic E-state index is 13.6. The van der Waals surface area contributed by atoms with Crippen molar-refractivity contribution in [2.45, 2.75) is 26.2 Å². The van der Waals surface area contributed by atoms with Crippen LogP contribution in [0.1, 0.15) is 27.8 Å². The van der Waals surface area contributed by atoms with Gasteiger partial charge in [0.2, 0.25) is 5.71 Å². The second kappa shape index (κ2) is 16.3. The molecule has 0 bridgehead atoms. The second-order valence-electron chi connectivity index (χ2n) is 12.7. The van der Waals surface area contributed by atoms with Crippen LogP contribution < -0.4 is 10.0 Å². The van der Waals surface area contributed by atoms with Crippen molar-refractivity contribution in [2.75, 3.05) is 4.90 Å². The highest BCUT2D eigenvalue weighted by atomic mass is 79.9. The Morgan fingerprint density at radius 1 is 0.500 bits per heavy atom. The van der Waals surface area contributed by atoms with Crippen LogP contribution in [0.4, 0.5) is 5.69 Å². The minimum atomic E-state index is -0.214. The third kappa shape index (κ3) is 8.58. The molecule has 8 heteroatoms. The van der Waals surface area contributed by atoms with E-state index in [1.54, 1.807) is 0 Å². The van der Waals surface area contributed by atoms with Gasteiger partial charge < -0.3 is 10.0 Å². The molecule has 0 aliphatic heterocycles. The molecule has 0 amide bonds. The standard InChI is InChI=1S/C44H32Br4N2O2/c45-35-13-1-29(2-14-35)25-49(26-30-3-15-36(46)16-4-30)39-21-9-33(10-22-39)41-43(51)42(44(41)52)34-11-23-40(24-12-34)50(27-31-5-17-37(47)18-6-31)28-32-7-19-38(48)20-8-32/h1-24H,25-28H2. The van der Waals surface area contributed by atoms with E-state index in [0.717, 1.165) is 29.3 Å². The van der Waals surface area contributed by atoms with Gasteiger partial charge in [0.05, 0.1) is 0 Å². The molecule has 258 valence electrons. The molecule has 4 nitrogen and oxygen atoms in total. The van der Waals surface area contributed by atoms with E-state index in [1.807, 2.05) is 97.1 Å². The van der Waals surface area contributed by atoms with E-state index in [0.29, 0.717) is 37.3 Å². The molecule has 0 aromatic heterocycles. The number of ketones is 1. The van der Waals surface area contributed by atoms with Gasteiger partial charge in [-0.3, -0.25) is 4.79 Å². The average Bonchev–Trinajstić information content (AvgIpc) is 3.15. The summed E-state index contributed by atoms with van der Waals surface area (Å²) in [5.41, 5.74) is 8.49. The first-order valence-corrected chi connectivity index (χ1v) is 19.9. The smallest absolute Gasteiger partial charge is 0.200 e. The molecule has 7 rings (SSSR count). The van der Waals surface area contributed by atoms with Gasteiger partial charge in [0.15, 0.2) is 18.9 Å². The first-order chi connectivity index (χ1) is 25.2. The highest BCUT2D eigenvalue weighted by Gasteiger charge is 2.31. The summed E-state index contributed by atoms with van der Waals surface area (Å²) in [7, 11) is 0. The summed E-state index contributed by atoms with van der Waals surface area (Å²) in [6.45, 7) is 2.81. The number of hydrogen-bond acceptors (Lipinski definition) is 3. The van der Waals surface area contributed by atoms with Crippen LogP contribution in [0.2, 0.25) is 0 Å². The summed E-state index contributed by atoms with van der Waals surface area (Å²) < 4.78 is 6.44. The molecular weight excluding hydrogens is 908 g/mol. The molecule has 0 spiro atoms. The Labute approximate surface area is 337 Å². The zero-order valence-electron chi connectivity index (χ0n) is 27.9. The zero-order chi connectivity index (χ0) is 36.2.